The lowest BCUT2D eigenvalue weighted by atomic mass is 10.1. The Balaban J connectivity index is 1.99. The molecule has 2 aromatic rings. The van der Waals surface area contributed by atoms with E-state index in [-0.39, 0.29) is 11.7 Å². The van der Waals surface area contributed by atoms with Crippen LogP contribution < -0.4 is 19.7 Å². The van der Waals surface area contributed by atoms with Crippen molar-refractivity contribution in [2.75, 3.05) is 19.5 Å². The van der Waals surface area contributed by atoms with Crippen molar-refractivity contribution in [2.45, 2.75) is 32.8 Å². The number of carbonyl (C=O) groups excluding carboxylic acids is 1. The highest BCUT2D eigenvalue weighted by molar-refractivity contribution is 5.93. The Morgan fingerprint density at radius 3 is 2.39 bits per heavy atom. The van der Waals surface area contributed by atoms with Crippen molar-refractivity contribution in [3.63, 3.8) is 0 Å². The van der Waals surface area contributed by atoms with Crippen LogP contribution in [0.25, 0.3) is 0 Å². The molecule has 0 aliphatic heterocycles. The smallest absolute Gasteiger partial charge is 0.496 e. The first-order valence-electron chi connectivity index (χ1n) is 8.71. The summed E-state index contributed by atoms with van der Waals surface area (Å²) in [6, 6.07) is 10.5. The third kappa shape index (κ3) is 6.16. The first kappa shape index (κ1) is 21.6. The molecule has 0 heterocycles. The van der Waals surface area contributed by atoms with Crippen LogP contribution in [-0.2, 0) is 11.3 Å². The SMILES string of the molecule is COc1ccc(C)cc1C[NH+](C)[C@@H](C)C(=O)Nc1ccc(OC(F)(F)F)cc1. The minimum Gasteiger partial charge on any atom is -0.496 e. The van der Waals surface area contributed by atoms with Crippen LogP contribution in [0.2, 0.25) is 0 Å². The summed E-state index contributed by atoms with van der Waals surface area (Å²) in [5, 5.41) is 2.71. The van der Waals surface area contributed by atoms with E-state index in [9.17, 15) is 18.0 Å². The fourth-order valence-corrected chi connectivity index (χ4v) is 2.71. The van der Waals surface area contributed by atoms with Gasteiger partial charge in [0.05, 0.1) is 14.2 Å². The molecule has 0 radical (unpaired) electrons. The molecule has 2 N–H and O–H groups in total. The molecule has 8 heteroatoms. The number of ether oxygens (including phenoxy) is 2. The van der Waals surface area contributed by atoms with Crippen LogP contribution in [0.1, 0.15) is 18.1 Å². The number of aryl methyl sites for hydroxylation is 1. The second-order valence-electron chi connectivity index (χ2n) is 6.62. The van der Waals surface area contributed by atoms with Gasteiger partial charge in [-0.1, -0.05) is 11.6 Å². The largest absolute Gasteiger partial charge is 0.573 e. The minimum absolute atomic E-state index is 0.242. The Morgan fingerprint density at radius 2 is 1.82 bits per heavy atom. The van der Waals surface area contributed by atoms with Crippen LogP contribution in [0.3, 0.4) is 0 Å². The highest BCUT2D eigenvalue weighted by Gasteiger charge is 2.31. The van der Waals surface area contributed by atoms with Crippen molar-refractivity contribution < 1.29 is 32.3 Å². The van der Waals surface area contributed by atoms with E-state index in [0.717, 1.165) is 33.9 Å². The molecule has 1 unspecified atom stereocenters. The van der Waals surface area contributed by atoms with Crippen molar-refractivity contribution in [1.29, 1.82) is 0 Å². The number of anilines is 1. The molecule has 0 saturated heterocycles. The average Bonchev–Trinajstić information content (AvgIpc) is 2.61. The van der Waals surface area contributed by atoms with E-state index >= 15 is 0 Å². The first-order chi connectivity index (χ1) is 13.1. The van der Waals surface area contributed by atoms with Gasteiger partial charge >= 0.3 is 6.36 Å². The van der Waals surface area contributed by atoms with E-state index in [4.69, 9.17) is 4.74 Å². The van der Waals surface area contributed by atoms with Crippen LogP contribution in [0.5, 0.6) is 11.5 Å². The van der Waals surface area contributed by atoms with Gasteiger partial charge in [0.25, 0.3) is 5.91 Å². The molecule has 2 atom stereocenters. The van der Waals surface area contributed by atoms with Crippen LogP contribution >= 0.6 is 0 Å². The predicted octanol–water partition coefficient (Wildman–Crippen LogP) is 2.94. The lowest BCUT2D eigenvalue weighted by Crippen LogP contribution is -3.12. The number of rotatable bonds is 7. The number of benzene rings is 2. The van der Waals surface area contributed by atoms with E-state index in [2.05, 4.69) is 10.1 Å². The van der Waals surface area contributed by atoms with Crippen LogP contribution in [0, 0.1) is 6.92 Å². The number of quaternary nitrogens is 1. The number of methoxy groups -OCH3 is 1. The fourth-order valence-electron chi connectivity index (χ4n) is 2.71. The summed E-state index contributed by atoms with van der Waals surface area (Å²) in [6.07, 6.45) is -4.75. The quantitative estimate of drug-likeness (QED) is 0.756. The zero-order valence-corrected chi connectivity index (χ0v) is 16.2. The number of alkyl halides is 3. The zero-order chi connectivity index (χ0) is 20.9. The van der Waals surface area contributed by atoms with Gasteiger partial charge in [-0.05, 0) is 50.2 Å². The molecule has 0 saturated carbocycles. The number of carbonyl (C=O) groups is 1. The summed E-state index contributed by atoms with van der Waals surface area (Å²) >= 11 is 0. The Kier molecular flexibility index (Phi) is 6.90. The Hall–Kier alpha value is -2.74. The highest BCUT2D eigenvalue weighted by atomic mass is 19.4. The molecule has 5 nitrogen and oxygen atoms in total. The van der Waals surface area contributed by atoms with E-state index in [1.165, 1.54) is 12.1 Å². The molecule has 0 aliphatic carbocycles. The van der Waals surface area contributed by atoms with E-state index in [1.807, 2.05) is 32.2 Å². The lowest BCUT2D eigenvalue weighted by molar-refractivity contribution is -0.907. The van der Waals surface area contributed by atoms with E-state index < -0.39 is 12.4 Å². The Bertz CT molecular complexity index is 807. The maximum atomic E-state index is 12.5. The normalized spacial score (nSPS) is 13.5. The zero-order valence-electron chi connectivity index (χ0n) is 16.2. The van der Waals surface area contributed by atoms with Crippen LogP contribution in [0.15, 0.2) is 42.5 Å². The van der Waals surface area contributed by atoms with Gasteiger partial charge in [0.15, 0.2) is 6.04 Å². The van der Waals surface area contributed by atoms with Gasteiger partial charge in [0, 0.05) is 11.3 Å². The topological polar surface area (TPSA) is 52.0 Å². The number of halogens is 3. The Labute approximate surface area is 162 Å². The third-order valence-corrected chi connectivity index (χ3v) is 4.39. The van der Waals surface area contributed by atoms with Gasteiger partial charge in [-0.15, -0.1) is 13.2 Å². The maximum Gasteiger partial charge on any atom is 0.573 e. The molecule has 2 aromatic carbocycles. The van der Waals surface area contributed by atoms with E-state index in [0.29, 0.717) is 12.2 Å². The molecule has 0 aliphatic rings. The van der Waals surface area contributed by atoms with Crippen molar-refractivity contribution >= 4 is 11.6 Å². The first-order valence-corrected chi connectivity index (χ1v) is 8.71. The molecular weight excluding hydrogens is 373 g/mol. The maximum absolute atomic E-state index is 12.5. The van der Waals surface area contributed by atoms with Crippen LogP contribution in [-0.4, -0.2) is 32.5 Å². The molecule has 1 amide bonds. The molecule has 0 fully saturated rings. The summed E-state index contributed by atoms with van der Waals surface area (Å²) in [6.45, 7) is 4.35. The fraction of sp³-hybridized carbons (Fsp3) is 0.350. The van der Waals surface area contributed by atoms with E-state index in [1.54, 1.807) is 14.0 Å². The average molecular weight is 397 g/mol. The van der Waals surface area contributed by atoms with Gasteiger partial charge in [-0.2, -0.15) is 0 Å². The predicted molar refractivity (Wildman–Crippen MR) is 99.5 cm³/mol. The van der Waals surface area contributed by atoms with Gasteiger partial charge < -0.3 is 19.7 Å². The van der Waals surface area contributed by atoms with Gasteiger partial charge in [-0.25, -0.2) is 0 Å². The summed E-state index contributed by atoms with van der Waals surface area (Å²) in [5.41, 5.74) is 2.49. The summed E-state index contributed by atoms with van der Waals surface area (Å²) in [7, 11) is 3.50. The Morgan fingerprint density at radius 1 is 1.18 bits per heavy atom. The third-order valence-electron chi connectivity index (χ3n) is 4.39. The summed E-state index contributed by atoms with van der Waals surface area (Å²) in [5.74, 6) is 0.180. The van der Waals surface area contributed by atoms with Crippen LogP contribution in [0.4, 0.5) is 18.9 Å². The minimum atomic E-state index is -4.75. The molecule has 0 aromatic heterocycles. The number of nitrogens with one attached hydrogen (secondary N) is 2. The summed E-state index contributed by atoms with van der Waals surface area (Å²) < 4.78 is 45.8. The molecule has 28 heavy (non-hydrogen) atoms. The number of amides is 1. The second kappa shape index (κ2) is 8.97. The van der Waals surface area contributed by atoms with Gasteiger partial charge in [0.1, 0.15) is 18.0 Å². The molecule has 0 bridgehead atoms. The molecule has 0 spiro atoms. The van der Waals surface area contributed by atoms with Gasteiger partial charge in [-0.3, -0.25) is 4.79 Å². The molecule has 152 valence electrons. The standard InChI is InChI=1S/C20H23F3N2O3/c1-13-5-10-18(27-4)15(11-13)12-25(3)14(2)19(26)24-16-6-8-17(9-7-16)28-20(21,22)23/h5-11,14H,12H2,1-4H3,(H,24,26)/p+1/t14-/m0/s1. The second-order valence-corrected chi connectivity index (χ2v) is 6.62. The monoisotopic (exact) mass is 397 g/mol. The van der Waals surface area contributed by atoms with Crippen molar-refractivity contribution in [1.82, 2.24) is 0 Å². The molecular formula is C20H24F3N2O3+. The van der Waals surface area contributed by atoms with Crippen molar-refractivity contribution in [3.05, 3.63) is 53.6 Å². The van der Waals surface area contributed by atoms with Gasteiger partial charge in [0.2, 0.25) is 0 Å². The number of hydrogen-bond donors (Lipinski definition) is 2. The van der Waals surface area contributed by atoms with Crippen molar-refractivity contribution in [3.8, 4) is 11.5 Å². The van der Waals surface area contributed by atoms with Crippen molar-refractivity contribution in [2.24, 2.45) is 0 Å². The lowest BCUT2D eigenvalue weighted by Gasteiger charge is -2.22. The summed E-state index contributed by atoms with van der Waals surface area (Å²) in [4.78, 5) is 13.4. The molecule has 2 rings (SSSR count). The number of hydrogen-bond acceptors (Lipinski definition) is 3. The highest BCUT2D eigenvalue weighted by Crippen LogP contribution is 2.24. The number of likely N-dealkylation sites (N-methyl/N-ethyl adjacent to an activating group) is 1.